The topological polar surface area (TPSA) is 92.2 Å². The smallest absolute Gasteiger partial charge is 0.180 e. The standard InChI is InChI=1S/C16H15N5O2S/c1-17-16(24)21-14-8-18-11-5-4-10(19-15(11)20-14)9-3-6-12(22)13(7-9)23-2/h3-8,22H,1-2H3,(H2,17,19,20,21,24). The largest absolute Gasteiger partial charge is 0.504 e. The van der Waals surface area contributed by atoms with Crippen molar-refractivity contribution < 1.29 is 9.84 Å². The number of aromatic nitrogens is 3. The van der Waals surface area contributed by atoms with Crippen LogP contribution in [0.25, 0.3) is 22.4 Å². The average Bonchev–Trinajstić information content (AvgIpc) is 2.61. The number of fused-ring (bicyclic) bond motifs is 1. The fraction of sp³-hybridized carbons (Fsp3) is 0.125. The number of hydrogen-bond donors (Lipinski definition) is 3. The summed E-state index contributed by atoms with van der Waals surface area (Å²) in [4.78, 5) is 13.3. The van der Waals surface area contributed by atoms with Crippen molar-refractivity contribution >= 4 is 34.3 Å². The summed E-state index contributed by atoms with van der Waals surface area (Å²) in [7, 11) is 3.22. The fourth-order valence-electron chi connectivity index (χ4n) is 2.13. The highest BCUT2D eigenvalue weighted by Gasteiger charge is 2.08. The van der Waals surface area contributed by atoms with E-state index >= 15 is 0 Å². The molecule has 7 nitrogen and oxygen atoms in total. The van der Waals surface area contributed by atoms with Gasteiger partial charge in [0, 0.05) is 12.6 Å². The Kier molecular flexibility index (Phi) is 4.39. The Morgan fingerprint density at radius 3 is 2.79 bits per heavy atom. The van der Waals surface area contributed by atoms with E-state index in [-0.39, 0.29) is 5.75 Å². The van der Waals surface area contributed by atoms with E-state index in [1.807, 2.05) is 12.1 Å². The lowest BCUT2D eigenvalue weighted by Crippen LogP contribution is -2.24. The molecule has 0 saturated heterocycles. The van der Waals surface area contributed by atoms with Crippen molar-refractivity contribution in [2.45, 2.75) is 0 Å². The Bertz CT molecular complexity index is 916. The molecule has 1 aromatic carbocycles. The van der Waals surface area contributed by atoms with Gasteiger partial charge >= 0.3 is 0 Å². The molecular formula is C16H15N5O2S. The Hall–Kier alpha value is -3.00. The number of phenolic OH excluding ortho intramolecular Hbond substituents is 1. The summed E-state index contributed by atoms with van der Waals surface area (Å²) >= 11 is 5.05. The summed E-state index contributed by atoms with van der Waals surface area (Å²) in [6.45, 7) is 0. The van der Waals surface area contributed by atoms with Gasteiger partial charge in [-0.3, -0.25) is 0 Å². The Morgan fingerprint density at radius 2 is 2.04 bits per heavy atom. The van der Waals surface area contributed by atoms with Crippen LogP contribution in [0.15, 0.2) is 36.5 Å². The van der Waals surface area contributed by atoms with Crippen molar-refractivity contribution in [1.82, 2.24) is 20.3 Å². The Balaban J connectivity index is 2.02. The van der Waals surface area contributed by atoms with Crippen LogP contribution < -0.4 is 15.4 Å². The lowest BCUT2D eigenvalue weighted by atomic mass is 10.1. The molecule has 0 aliphatic carbocycles. The minimum Gasteiger partial charge on any atom is -0.504 e. The van der Waals surface area contributed by atoms with Crippen LogP contribution in [-0.4, -0.2) is 39.3 Å². The summed E-state index contributed by atoms with van der Waals surface area (Å²) in [5.74, 6) is 0.971. The van der Waals surface area contributed by atoms with Crippen LogP contribution in [0.3, 0.4) is 0 Å². The Morgan fingerprint density at radius 1 is 1.21 bits per heavy atom. The number of phenols is 1. The van der Waals surface area contributed by atoms with Gasteiger partial charge in [-0.2, -0.15) is 0 Å². The Labute approximate surface area is 143 Å². The number of rotatable bonds is 3. The second-order valence-corrected chi connectivity index (χ2v) is 5.29. The van der Waals surface area contributed by atoms with Crippen LogP contribution >= 0.6 is 12.2 Å². The zero-order valence-corrected chi connectivity index (χ0v) is 13.9. The highest BCUT2D eigenvalue weighted by molar-refractivity contribution is 7.80. The monoisotopic (exact) mass is 341 g/mol. The molecule has 2 aromatic heterocycles. The van der Waals surface area contributed by atoms with Gasteiger partial charge in [-0.15, -0.1) is 0 Å². The maximum atomic E-state index is 9.70. The second-order valence-electron chi connectivity index (χ2n) is 4.89. The van der Waals surface area contributed by atoms with Crippen molar-refractivity contribution in [3.05, 3.63) is 36.5 Å². The van der Waals surface area contributed by atoms with Gasteiger partial charge in [0.15, 0.2) is 28.1 Å². The van der Waals surface area contributed by atoms with Gasteiger partial charge in [0.1, 0.15) is 5.52 Å². The number of anilines is 1. The number of hydrogen-bond acceptors (Lipinski definition) is 6. The van der Waals surface area contributed by atoms with Gasteiger partial charge in [-0.1, -0.05) is 0 Å². The first-order valence-corrected chi connectivity index (χ1v) is 7.51. The maximum Gasteiger partial charge on any atom is 0.180 e. The van der Waals surface area contributed by atoms with Crippen molar-refractivity contribution in [2.75, 3.05) is 19.5 Å². The number of nitrogens with zero attached hydrogens (tertiary/aromatic N) is 3. The molecule has 0 radical (unpaired) electrons. The third-order valence-corrected chi connectivity index (χ3v) is 3.66. The number of benzene rings is 1. The van der Waals surface area contributed by atoms with Crippen LogP contribution in [0.2, 0.25) is 0 Å². The van der Waals surface area contributed by atoms with E-state index in [0.717, 1.165) is 5.56 Å². The molecule has 2 heterocycles. The number of ether oxygens (including phenoxy) is 1. The summed E-state index contributed by atoms with van der Waals surface area (Å²) in [5.41, 5.74) is 2.66. The van der Waals surface area contributed by atoms with E-state index < -0.39 is 0 Å². The molecule has 3 aromatic rings. The first-order valence-electron chi connectivity index (χ1n) is 7.10. The van der Waals surface area contributed by atoms with Crippen LogP contribution in [0, 0.1) is 0 Å². The van der Waals surface area contributed by atoms with Gasteiger partial charge in [-0.25, -0.2) is 15.0 Å². The van der Waals surface area contributed by atoms with E-state index in [1.165, 1.54) is 7.11 Å². The molecule has 8 heteroatoms. The average molecular weight is 341 g/mol. The molecule has 0 unspecified atom stereocenters. The quantitative estimate of drug-likeness (QED) is 0.625. The van der Waals surface area contributed by atoms with Crippen molar-refractivity contribution in [3.8, 4) is 22.8 Å². The van der Waals surface area contributed by atoms with Gasteiger partial charge in [0.05, 0.1) is 19.0 Å². The fourth-order valence-corrected chi connectivity index (χ4v) is 2.24. The summed E-state index contributed by atoms with van der Waals surface area (Å²) < 4.78 is 5.13. The van der Waals surface area contributed by atoms with E-state index in [9.17, 15) is 5.11 Å². The number of thiocarbonyl (C=S) groups is 1. The molecule has 3 rings (SSSR count). The zero-order chi connectivity index (χ0) is 17.1. The number of aromatic hydroxyl groups is 1. The van der Waals surface area contributed by atoms with E-state index in [1.54, 1.807) is 31.4 Å². The minimum absolute atomic E-state index is 0.0777. The third-order valence-electron chi connectivity index (χ3n) is 3.35. The molecule has 3 N–H and O–H groups in total. The number of nitrogens with one attached hydrogen (secondary N) is 2. The van der Waals surface area contributed by atoms with Crippen molar-refractivity contribution in [2.24, 2.45) is 0 Å². The first-order chi connectivity index (χ1) is 11.6. The lowest BCUT2D eigenvalue weighted by Gasteiger charge is -2.08. The highest BCUT2D eigenvalue weighted by atomic mass is 32.1. The normalized spacial score (nSPS) is 10.4. The summed E-state index contributed by atoms with van der Waals surface area (Å²) in [6.07, 6.45) is 1.59. The van der Waals surface area contributed by atoms with Crippen LogP contribution in [-0.2, 0) is 0 Å². The molecule has 0 fully saturated rings. The predicted molar refractivity (Wildman–Crippen MR) is 96.3 cm³/mol. The molecule has 0 spiro atoms. The molecule has 0 amide bonds. The molecule has 0 saturated carbocycles. The third kappa shape index (κ3) is 3.18. The second kappa shape index (κ2) is 6.63. The summed E-state index contributed by atoms with van der Waals surface area (Å²) in [5, 5.41) is 15.9. The van der Waals surface area contributed by atoms with E-state index in [0.29, 0.717) is 33.5 Å². The van der Waals surface area contributed by atoms with Gasteiger partial charge in [0.2, 0.25) is 0 Å². The van der Waals surface area contributed by atoms with Crippen LogP contribution in [0.1, 0.15) is 0 Å². The zero-order valence-electron chi connectivity index (χ0n) is 13.1. The molecule has 122 valence electrons. The highest BCUT2D eigenvalue weighted by Crippen LogP contribution is 2.31. The first kappa shape index (κ1) is 15.9. The van der Waals surface area contributed by atoms with Gasteiger partial charge < -0.3 is 20.5 Å². The summed E-state index contributed by atoms with van der Waals surface area (Å²) in [6, 6.07) is 8.72. The number of methoxy groups -OCH3 is 1. The molecule has 0 aliphatic rings. The molecule has 24 heavy (non-hydrogen) atoms. The van der Waals surface area contributed by atoms with Crippen molar-refractivity contribution in [1.29, 1.82) is 0 Å². The predicted octanol–water partition coefficient (Wildman–Crippen LogP) is 2.32. The van der Waals surface area contributed by atoms with Gasteiger partial charge in [0.25, 0.3) is 0 Å². The molecule has 0 bridgehead atoms. The van der Waals surface area contributed by atoms with Crippen molar-refractivity contribution in [3.63, 3.8) is 0 Å². The SMILES string of the molecule is CNC(=S)Nc1cnc2ccc(-c3ccc(O)c(OC)c3)nc2n1. The molecule has 0 aliphatic heterocycles. The maximum absolute atomic E-state index is 9.70. The molecule has 0 atom stereocenters. The minimum atomic E-state index is 0.0777. The number of pyridine rings is 1. The molecular weight excluding hydrogens is 326 g/mol. The van der Waals surface area contributed by atoms with Gasteiger partial charge in [-0.05, 0) is 42.5 Å². The van der Waals surface area contributed by atoms with Crippen LogP contribution in [0.4, 0.5) is 5.82 Å². The van der Waals surface area contributed by atoms with E-state index in [4.69, 9.17) is 17.0 Å². The van der Waals surface area contributed by atoms with E-state index in [2.05, 4.69) is 25.6 Å². The van der Waals surface area contributed by atoms with Crippen LogP contribution in [0.5, 0.6) is 11.5 Å². The lowest BCUT2D eigenvalue weighted by molar-refractivity contribution is 0.373.